The molecule has 0 aromatic rings. The van der Waals surface area contributed by atoms with E-state index < -0.39 is 0 Å². The first-order valence-electron chi connectivity index (χ1n) is 10.5. The molecule has 0 aliphatic carbocycles. The Morgan fingerprint density at radius 1 is 0.565 bits per heavy atom. The second kappa shape index (κ2) is 24.2. The molecule has 0 aromatic carbocycles. The maximum absolute atomic E-state index is 8.85. The average molecular weight is 331 g/mol. The molecule has 2 nitrogen and oxygen atoms in total. The predicted molar refractivity (Wildman–Crippen MR) is 104 cm³/mol. The first kappa shape index (κ1) is 25.2. The van der Waals surface area contributed by atoms with Gasteiger partial charge in [-0.1, -0.05) is 104 Å². The van der Waals surface area contributed by atoms with Crippen LogP contribution in [0.1, 0.15) is 124 Å². The van der Waals surface area contributed by atoms with E-state index in [4.69, 9.17) is 10.2 Å². The lowest BCUT2D eigenvalue weighted by molar-refractivity contribution is 0.180. The summed E-state index contributed by atoms with van der Waals surface area (Å²) in [5, 5.41) is 17.4. The third-order valence-electron chi connectivity index (χ3n) is 4.24. The van der Waals surface area contributed by atoms with Crippen LogP contribution in [0.3, 0.4) is 0 Å². The fraction of sp³-hybridized carbons (Fsp3) is 1.00. The lowest BCUT2D eigenvalue weighted by Crippen LogP contribution is -1.97. The summed E-state index contributed by atoms with van der Waals surface area (Å²) < 4.78 is 0. The van der Waals surface area contributed by atoms with Crippen LogP contribution in [-0.4, -0.2) is 22.9 Å². The predicted octanol–water partition coefficient (Wildman–Crippen LogP) is 6.63. The molecule has 0 aromatic heterocycles. The Morgan fingerprint density at radius 3 is 1.26 bits per heavy atom. The van der Waals surface area contributed by atoms with Crippen LogP contribution in [0.5, 0.6) is 0 Å². The van der Waals surface area contributed by atoms with Gasteiger partial charge in [0.15, 0.2) is 0 Å². The van der Waals surface area contributed by atoms with Crippen LogP contribution in [0.25, 0.3) is 0 Å². The normalized spacial score (nSPS) is 11.9. The second-order valence-corrected chi connectivity index (χ2v) is 6.96. The van der Waals surface area contributed by atoms with Gasteiger partial charge in [-0.2, -0.15) is 0 Å². The van der Waals surface area contributed by atoms with Gasteiger partial charge in [0, 0.05) is 6.61 Å². The van der Waals surface area contributed by atoms with Crippen molar-refractivity contribution in [1.29, 1.82) is 0 Å². The van der Waals surface area contributed by atoms with Crippen molar-refractivity contribution in [2.45, 2.75) is 130 Å². The Bertz CT molecular complexity index is 169. The number of rotatable bonds is 16. The first-order chi connectivity index (χ1) is 11.2. The Kier molecular flexibility index (Phi) is 26.5. The van der Waals surface area contributed by atoms with Crippen molar-refractivity contribution in [3.63, 3.8) is 0 Å². The van der Waals surface area contributed by atoms with Gasteiger partial charge >= 0.3 is 0 Å². The standard InChI is InChI=1S/C13H28O.C8H18O/c1-2-3-4-5-6-7-8-9-10-11-12-13-14;1-3-4-5-6-7-8(2)9/h14H,2-13H2,1H3;8-9H,3-7H2,1-2H3. The molecule has 0 rings (SSSR count). The number of aliphatic hydroxyl groups is 2. The minimum atomic E-state index is -0.0955. The van der Waals surface area contributed by atoms with Crippen LogP contribution >= 0.6 is 0 Å². The van der Waals surface area contributed by atoms with Crippen LogP contribution in [-0.2, 0) is 0 Å². The molecule has 0 spiro atoms. The molecule has 0 bridgehead atoms. The number of aliphatic hydroxyl groups excluding tert-OH is 2. The van der Waals surface area contributed by atoms with E-state index in [-0.39, 0.29) is 6.10 Å². The number of hydrogen-bond donors (Lipinski definition) is 2. The van der Waals surface area contributed by atoms with E-state index in [9.17, 15) is 0 Å². The van der Waals surface area contributed by atoms with Crippen molar-refractivity contribution in [3.8, 4) is 0 Å². The Hall–Kier alpha value is -0.0800. The molecule has 0 saturated heterocycles. The first-order valence-corrected chi connectivity index (χ1v) is 10.5. The molecule has 1 unspecified atom stereocenters. The van der Waals surface area contributed by atoms with E-state index in [1.807, 2.05) is 6.92 Å². The number of unbranched alkanes of at least 4 members (excludes halogenated alkanes) is 13. The van der Waals surface area contributed by atoms with Gasteiger partial charge in [0.25, 0.3) is 0 Å². The van der Waals surface area contributed by atoms with Gasteiger partial charge in [-0.05, 0) is 19.8 Å². The fourth-order valence-electron chi connectivity index (χ4n) is 2.64. The molecule has 0 saturated carbocycles. The highest BCUT2D eigenvalue weighted by Gasteiger charge is 1.93. The fourth-order valence-corrected chi connectivity index (χ4v) is 2.64. The van der Waals surface area contributed by atoms with Crippen LogP contribution in [0.15, 0.2) is 0 Å². The molecule has 142 valence electrons. The van der Waals surface area contributed by atoms with Gasteiger partial charge in [-0.25, -0.2) is 0 Å². The van der Waals surface area contributed by atoms with Crippen molar-refractivity contribution < 1.29 is 10.2 Å². The molecule has 2 heteroatoms. The molecular weight excluding hydrogens is 284 g/mol. The highest BCUT2D eigenvalue weighted by atomic mass is 16.3. The summed E-state index contributed by atoms with van der Waals surface area (Å²) in [5.74, 6) is 0. The summed E-state index contributed by atoms with van der Waals surface area (Å²) in [6.07, 6.45) is 20.7. The molecule has 0 fully saturated rings. The minimum Gasteiger partial charge on any atom is -0.396 e. The van der Waals surface area contributed by atoms with Crippen LogP contribution in [0, 0.1) is 0 Å². The number of hydrogen-bond acceptors (Lipinski definition) is 2. The summed E-state index contributed by atoms with van der Waals surface area (Å²) in [6, 6.07) is 0. The monoisotopic (exact) mass is 330 g/mol. The van der Waals surface area contributed by atoms with Gasteiger partial charge in [-0.3, -0.25) is 0 Å². The molecule has 0 amide bonds. The van der Waals surface area contributed by atoms with Crippen molar-refractivity contribution in [2.24, 2.45) is 0 Å². The zero-order valence-electron chi connectivity index (χ0n) is 16.5. The van der Waals surface area contributed by atoms with Crippen molar-refractivity contribution >= 4 is 0 Å². The molecule has 0 aliphatic heterocycles. The lowest BCUT2D eigenvalue weighted by Gasteiger charge is -2.01. The Labute approximate surface area is 147 Å². The molecule has 0 heterocycles. The maximum Gasteiger partial charge on any atom is 0.0512 e. The topological polar surface area (TPSA) is 40.5 Å². The lowest BCUT2D eigenvalue weighted by atomic mass is 10.1. The molecule has 0 aliphatic rings. The quantitative estimate of drug-likeness (QED) is 0.312. The van der Waals surface area contributed by atoms with Crippen LogP contribution in [0.2, 0.25) is 0 Å². The van der Waals surface area contributed by atoms with Gasteiger partial charge in [0.2, 0.25) is 0 Å². The summed E-state index contributed by atoms with van der Waals surface area (Å²) >= 11 is 0. The average Bonchev–Trinajstić information content (AvgIpc) is 2.54. The smallest absolute Gasteiger partial charge is 0.0512 e. The highest BCUT2D eigenvalue weighted by Crippen LogP contribution is 2.10. The zero-order chi connectivity index (χ0) is 17.6. The molecular formula is C21H46O2. The Morgan fingerprint density at radius 2 is 0.913 bits per heavy atom. The van der Waals surface area contributed by atoms with E-state index >= 15 is 0 Å². The van der Waals surface area contributed by atoms with Gasteiger partial charge < -0.3 is 10.2 Å². The van der Waals surface area contributed by atoms with Crippen molar-refractivity contribution in [1.82, 2.24) is 0 Å². The van der Waals surface area contributed by atoms with E-state index in [1.165, 1.54) is 89.9 Å². The van der Waals surface area contributed by atoms with E-state index in [1.54, 1.807) is 0 Å². The minimum absolute atomic E-state index is 0.0955. The molecule has 0 radical (unpaired) electrons. The SMILES string of the molecule is CCCCCCC(C)O.CCCCCCCCCCCCCO. The van der Waals surface area contributed by atoms with Gasteiger partial charge in [0.1, 0.15) is 0 Å². The summed E-state index contributed by atoms with van der Waals surface area (Å²) in [4.78, 5) is 0. The van der Waals surface area contributed by atoms with E-state index in [0.717, 1.165) is 12.8 Å². The Balaban J connectivity index is 0. The van der Waals surface area contributed by atoms with Crippen molar-refractivity contribution in [2.75, 3.05) is 6.61 Å². The third-order valence-corrected chi connectivity index (χ3v) is 4.24. The second-order valence-electron chi connectivity index (χ2n) is 6.96. The van der Waals surface area contributed by atoms with Gasteiger partial charge in [0.05, 0.1) is 6.10 Å². The van der Waals surface area contributed by atoms with Crippen LogP contribution in [0.4, 0.5) is 0 Å². The highest BCUT2D eigenvalue weighted by molar-refractivity contribution is 4.48. The zero-order valence-corrected chi connectivity index (χ0v) is 16.5. The summed E-state index contributed by atoms with van der Waals surface area (Å²) in [5.41, 5.74) is 0. The summed E-state index contributed by atoms with van der Waals surface area (Å²) in [6.45, 7) is 6.69. The molecule has 1 atom stereocenters. The van der Waals surface area contributed by atoms with Crippen LogP contribution < -0.4 is 0 Å². The molecule has 23 heavy (non-hydrogen) atoms. The maximum atomic E-state index is 8.85. The van der Waals surface area contributed by atoms with E-state index in [0.29, 0.717) is 6.61 Å². The van der Waals surface area contributed by atoms with Crippen molar-refractivity contribution in [3.05, 3.63) is 0 Å². The molecule has 2 N–H and O–H groups in total. The van der Waals surface area contributed by atoms with E-state index in [2.05, 4.69) is 13.8 Å². The largest absolute Gasteiger partial charge is 0.396 e. The summed E-state index contributed by atoms with van der Waals surface area (Å²) in [7, 11) is 0. The van der Waals surface area contributed by atoms with Gasteiger partial charge in [-0.15, -0.1) is 0 Å². The third kappa shape index (κ3) is 30.4.